The summed E-state index contributed by atoms with van der Waals surface area (Å²) in [4.78, 5) is 13.7. The zero-order chi connectivity index (χ0) is 23.4. The Morgan fingerprint density at radius 2 is 1.97 bits per heavy atom. The number of aliphatic imine (C=N–C) groups is 2. The van der Waals surface area contributed by atoms with E-state index in [9.17, 15) is 5.11 Å². The number of ether oxygens (including phenoxy) is 2. The van der Waals surface area contributed by atoms with Crippen molar-refractivity contribution in [2.24, 2.45) is 9.98 Å². The van der Waals surface area contributed by atoms with Crippen molar-refractivity contribution in [1.82, 2.24) is 9.80 Å². The van der Waals surface area contributed by atoms with E-state index in [1.807, 2.05) is 20.1 Å². The van der Waals surface area contributed by atoms with Gasteiger partial charge >= 0.3 is 4.77 Å². The molecule has 1 fully saturated rings. The number of morpholine rings is 1. The molecule has 0 spiro atoms. The average Bonchev–Trinajstić information content (AvgIpc) is 2.94. The molecule has 3 rings (SSSR count). The van der Waals surface area contributed by atoms with Gasteiger partial charge in [0.15, 0.2) is 0 Å². The normalized spacial score (nSPS) is 21.7. The van der Waals surface area contributed by atoms with Crippen molar-refractivity contribution in [2.45, 2.75) is 58.3 Å². The maximum Gasteiger partial charge on any atom is 0.402 e. The van der Waals surface area contributed by atoms with Crippen LogP contribution in [0.3, 0.4) is 0 Å². The predicted molar refractivity (Wildman–Crippen MR) is 137 cm³/mol. The zero-order valence-electron chi connectivity index (χ0n) is 19.9. The van der Waals surface area contributed by atoms with Gasteiger partial charge in [0.1, 0.15) is 12.2 Å². The van der Waals surface area contributed by atoms with Crippen molar-refractivity contribution in [3.8, 4) is 0 Å². The van der Waals surface area contributed by atoms with Crippen LogP contribution in [0.1, 0.15) is 41.0 Å². The van der Waals surface area contributed by atoms with E-state index in [0.717, 1.165) is 49.5 Å². The summed E-state index contributed by atoms with van der Waals surface area (Å²) < 4.78 is 17.5. The molecule has 0 aromatic carbocycles. The summed E-state index contributed by atoms with van der Waals surface area (Å²) in [6.45, 7) is 14.6. The van der Waals surface area contributed by atoms with Crippen LogP contribution < -0.4 is 0 Å². The smallest absolute Gasteiger partial charge is 0.402 e. The van der Waals surface area contributed by atoms with Gasteiger partial charge in [-0.1, -0.05) is 6.92 Å². The van der Waals surface area contributed by atoms with Crippen LogP contribution in [0.15, 0.2) is 33.1 Å². The van der Waals surface area contributed by atoms with Crippen molar-refractivity contribution >= 4 is 39.7 Å². The lowest BCUT2D eigenvalue weighted by molar-refractivity contribution is -0.0901. The molecule has 0 saturated carbocycles. The van der Waals surface area contributed by atoms with Gasteiger partial charge in [-0.15, -0.1) is 22.4 Å². The number of aliphatic hydroxyl groups is 1. The van der Waals surface area contributed by atoms with Crippen LogP contribution in [-0.2, 0) is 14.1 Å². The lowest BCUT2D eigenvalue weighted by Crippen LogP contribution is -2.49. The SMILES string of the molecule is CCCOCCN1C=C(B(I)OC(C)(C)C(C)(C)O)C2=C(N3CCOCC3)N=CN=CC21. The topological polar surface area (TPSA) is 79.1 Å². The maximum atomic E-state index is 10.6. The number of rotatable bonds is 10. The van der Waals surface area contributed by atoms with E-state index in [2.05, 4.69) is 50.3 Å². The number of nitrogens with zero attached hydrogens (tertiary/aromatic N) is 4. The van der Waals surface area contributed by atoms with Crippen molar-refractivity contribution in [1.29, 1.82) is 0 Å². The number of hydrogen-bond donors (Lipinski definition) is 1. The van der Waals surface area contributed by atoms with Crippen molar-refractivity contribution < 1.29 is 19.2 Å². The fourth-order valence-corrected chi connectivity index (χ4v) is 4.79. The molecule has 0 amide bonds. The largest absolute Gasteiger partial charge is 0.414 e. The molecule has 1 atom stereocenters. The zero-order valence-corrected chi connectivity index (χ0v) is 22.0. The molecule has 1 unspecified atom stereocenters. The first-order valence-corrected chi connectivity index (χ1v) is 12.6. The summed E-state index contributed by atoms with van der Waals surface area (Å²) in [6, 6.07) is -0.0401. The minimum absolute atomic E-state index is 0.0401. The second-order valence-corrected chi connectivity index (χ2v) is 10.4. The summed E-state index contributed by atoms with van der Waals surface area (Å²) in [5.74, 6) is 0.922. The van der Waals surface area contributed by atoms with Gasteiger partial charge in [-0.3, -0.25) is 0 Å². The van der Waals surface area contributed by atoms with E-state index in [1.165, 1.54) is 0 Å². The van der Waals surface area contributed by atoms with Gasteiger partial charge in [-0.25, -0.2) is 9.98 Å². The molecule has 0 aliphatic carbocycles. The highest BCUT2D eigenvalue weighted by Gasteiger charge is 2.44. The highest BCUT2D eigenvalue weighted by Crippen LogP contribution is 2.38. The molecule has 0 bridgehead atoms. The van der Waals surface area contributed by atoms with E-state index in [-0.39, 0.29) is 10.8 Å². The summed E-state index contributed by atoms with van der Waals surface area (Å²) >= 11 is 2.32. The molecule has 8 nitrogen and oxygen atoms in total. The Kier molecular flexibility index (Phi) is 8.81. The molecule has 32 heavy (non-hydrogen) atoms. The number of halogens is 1. The molecule has 1 N–H and O–H groups in total. The van der Waals surface area contributed by atoms with Gasteiger partial charge in [-0.2, -0.15) is 0 Å². The van der Waals surface area contributed by atoms with Crippen LogP contribution >= 0.6 is 22.4 Å². The van der Waals surface area contributed by atoms with Crippen LogP contribution in [0.25, 0.3) is 0 Å². The summed E-state index contributed by atoms with van der Waals surface area (Å²) in [5, 5.41) is 10.6. The molecule has 3 aliphatic rings. The van der Waals surface area contributed by atoms with Crippen molar-refractivity contribution in [3.63, 3.8) is 0 Å². The summed E-state index contributed by atoms with van der Waals surface area (Å²) in [7, 11) is 0. The monoisotopic (exact) mass is 558 g/mol. The second kappa shape index (κ2) is 11.0. The first-order chi connectivity index (χ1) is 15.2. The van der Waals surface area contributed by atoms with Gasteiger partial charge in [-0.05, 0) is 45.8 Å². The molecule has 3 aliphatic heterocycles. The third-order valence-electron chi connectivity index (χ3n) is 6.25. The number of hydrogen-bond acceptors (Lipinski definition) is 8. The van der Waals surface area contributed by atoms with Crippen LogP contribution in [0.2, 0.25) is 0 Å². The fourth-order valence-electron chi connectivity index (χ4n) is 3.66. The Labute approximate surface area is 205 Å². The summed E-state index contributed by atoms with van der Waals surface area (Å²) in [5.41, 5.74) is 0.420. The van der Waals surface area contributed by atoms with Crippen LogP contribution in [0, 0.1) is 0 Å². The van der Waals surface area contributed by atoms with Crippen molar-refractivity contribution in [2.75, 3.05) is 46.1 Å². The Morgan fingerprint density at radius 3 is 2.62 bits per heavy atom. The van der Waals surface area contributed by atoms with Crippen LogP contribution in [-0.4, -0.2) is 95.5 Å². The van der Waals surface area contributed by atoms with Crippen molar-refractivity contribution in [3.05, 3.63) is 23.1 Å². The second-order valence-electron chi connectivity index (χ2n) is 9.26. The lowest BCUT2D eigenvalue weighted by Gasteiger charge is -2.39. The van der Waals surface area contributed by atoms with Crippen LogP contribution in [0.5, 0.6) is 0 Å². The Bertz CT molecular complexity index is 772. The molecule has 10 heteroatoms. The first kappa shape index (κ1) is 25.7. The minimum atomic E-state index is -0.993. The summed E-state index contributed by atoms with van der Waals surface area (Å²) in [6.07, 6.45) is 6.73. The fraction of sp³-hybridized carbons (Fsp3) is 0.727. The molecule has 0 radical (unpaired) electrons. The molecule has 0 aromatic rings. The Balaban J connectivity index is 1.95. The average molecular weight is 558 g/mol. The molecule has 1 saturated heterocycles. The lowest BCUT2D eigenvalue weighted by atomic mass is 9.78. The van der Waals surface area contributed by atoms with E-state index in [0.29, 0.717) is 19.8 Å². The molecular weight excluding hydrogens is 522 g/mol. The molecule has 3 heterocycles. The van der Waals surface area contributed by atoms with E-state index < -0.39 is 11.2 Å². The first-order valence-electron chi connectivity index (χ1n) is 11.4. The standard InChI is InChI=1S/C22H36BIN4O4/c1-6-10-30-13-9-28-15-17(23(24)32-22(4,5)21(2,3)29)19-18(28)14-25-16-26-20(19)27-7-11-31-12-8-27/h14-16,18,29H,6-13H2,1-5H3. The van der Waals surface area contributed by atoms with E-state index in [4.69, 9.17) is 19.1 Å². The minimum Gasteiger partial charge on any atom is -0.414 e. The quantitative estimate of drug-likeness (QED) is 0.253. The van der Waals surface area contributed by atoms with E-state index in [1.54, 1.807) is 20.2 Å². The van der Waals surface area contributed by atoms with Crippen LogP contribution in [0.4, 0.5) is 0 Å². The van der Waals surface area contributed by atoms with Gasteiger partial charge in [0, 0.05) is 38.0 Å². The Morgan fingerprint density at radius 1 is 1.25 bits per heavy atom. The molecule has 0 aromatic heterocycles. The Hall–Kier alpha value is -0.945. The van der Waals surface area contributed by atoms with Gasteiger partial charge in [0.2, 0.25) is 0 Å². The van der Waals surface area contributed by atoms with Gasteiger partial charge < -0.3 is 29.0 Å². The maximum absolute atomic E-state index is 10.6. The van der Waals surface area contributed by atoms with E-state index >= 15 is 0 Å². The predicted octanol–water partition coefficient (Wildman–Crippen LogP) is 2.67. The van der Waals surface area contributed by atoms with Gasteiger partial charge in [0.05, 0.1) is 37.1 Å². The third kappa shape index (κ3) is 5.94. The number of fused-ring (bicyclic) bond motifs is 1. The highest BCUT2D eigenvalue weighted by atomic mass is 127. The molecule has 178 valence electrons. The van der Waals surface area contributed by atoms with Gasteiger partial charge in [0.25, 0.3) is 0 Å². The third-order valence-corrected chi connectivity index (χ3v) is 7.18. The highest BCUT2D eigenvalue weighted by molar-refractivity contribution is 14.1. The molecular formula is C22H36BIN4O4.